The van der Waals surface area contributed by atoms with Gasteiger partial charge in [-0.05, 0) is 92.0 Å². The Morgan fingerprint density at radius 1 is 0.312 bits per heavy atom. The van der Waals surface area contributed by atoms with Gasteiger partial charge in [0.05, 0.1) is 11.0 Å². The first-order chi connectivity index (χ1) is 31.5. The number of para-hydroxylation sites is 1. The minimum absolute atomic E-state index is 0.0717. The molecular weight excluding hydrogens is 777 g/mol. The van der Waals surface area contributed by atoms with E-state index in [2.05, 4.69) is 225 Å². The van der Waals surface area contributed by atoms with E-state index < -0.39 is 0 Å². The Balaban J connectivity index is 0.999. The van der Waals surface area contributed by atoms with Crippen molar-refractivity contribution in [2.75, 3.05) is 0 Å². The fourth-order valence-corrected chi connectivity index (χ4v) is 9.73. The highest BCUT2D eigenvalue weighted by atomic mass is 15.0. The molecule has 2 aromatic heterocycles. The lowest BCUT2D eigenvalue weighted by Gasteiger charge is -2.22. The van der Waals surface area contributed by atoms with Crippen molar-refractivity contribution in [1.82, 2.24) is 19.5 Å². The van der Waals surface area contributed by atoms with Gasteiger partial charge in [-0.2, -0.15) is 0 Å². The first-order valence-corrected chi connectivity index (χ1v) is 21.9. The molecule has 0 atom stereocenters. The second-order valence-electron chi connectivity index (χ2n) is 17.3. The Hall–Kier alpha value is -8.21. The van der Waals surface area contributed by atoms with Crippen LogP contribution < -0.4 is 0 Å². The van der Waals surface area contributed by atoms with Crippen LogP contribution >= 0.6 is 0 Å². The van der Waals surface area contributed by atoms with E-state index in [4.69, 9.17) is 15.0 Å². The van der Waals surface area contributed by atoms with Gasteiger partial charge in [0.2, 0.25) is 0 Å². The van der Waals surface area contributed by atoms with Gasteiger partial charge >= 0.3 is 0 Å². The Morgan fingerprint density at radius 3 is 1.39 bits per heavy atom. The summed E-state index contributed by atoms with van der Waals surface area (Å²) in [5, 5.41) is 2.36. The van der Waals surface area contributed by atoms with E-state index in [9.17, 15) is 0 Å². The lowest BCUT2D eigenvalue weighted by molar-refractivity contribution is 0.660. The normalized spacial score (nSPS) is 12.7. The van der Waals surface area contributed by atoms with Crippen molar-refractivity contribution in [3.05, 3.63) is 230 Å². The zero-order valence-corrected chi connectivity index (χ0v) is 35.6. The van der Waals surface area contributed by atoms with E-state index in [-0.39, 0.29) is 5.41 Å². The number of rotatable bonds is 7. The van der Waals surface area contributed by atoms with Crippen molar-refractivity contribution in [3.8, 4) is 84.4 Å². The SMILES string of the molecule is CC1(C)c2ccccc2-c2ccc(-c3ccc4c(c3)c3ccc(-c5nc(-c6ccc(-c7ccccc7)cc6)nc(-c6ccc(-c7ccccc7)cc6)n5)cc3n4-c3ccccc3)cc21. The first-order valence-electron chi connectivity index (χ1n) is 21.9. The highest BCUT2D eigenvalue weighted by molar-refractivity contribution is 6.11. The fourth-order valence-electron chi connectivity index (χ4n) is 9.73. The van der Waals surface area contributed by atoms with Gasteiger partial charge in [0, 0.05) is 38.6 Å². The third kappa shape index (κ3) is 6.34. The highest BCUT2D eigenvalue weighted by Gasteiger charge is 2.35. The van der Waals surface area contributed by atoms with Gasteiger partial charge in [0.15, 0.2) is 17.5 Å². The van der Waals surface area contributed by atoms with Crippen LogP contribution in [0.2, 0.25) is 0 Å². The quantitative estimate of drug-likeness (QED) is 0.161. The van der Waals surface area contributed by atoms with Gasteiger partial charge in [-0.15, -0.1) is 0 Å². The number of aromatic nitrogens is 4. The second kappa shape index (κ2) is 15.0. The summed E-state index contributed by atoms with van der Waals surface area (Å²) in [6.07, 6.45) is 0. The van der Waals surface area contributed by atoms with Gasteiger partial charge < -0.3 is 4.57 Å². The van der Waals surface area contributed by atoms with E-state index in [0.717, 1.165) is 44.5 Å². The molecular formula is C60H42N4. The standard InChI is InChI=1S/C60H42N4/c1-60(2)53-21-13-12-20-49(53)50-33-30-46(37-54(50)60)45-32-35-55-52(36-45)51-34-31-47(38-56(51)64(55)48-18-10-5-11-19-48)59-62-57(43-26-22-41(23-27-43)39-14-6-3-7-15-39)61-58(63-59)44-28-24-42(25-29-44)40-16-8-4-9-17-40/h3-38H,1-2H3. The maximum atomic E-state index is 5.21. The van der Waals surface area contributed by atoms with Crippen molar-refractivity contribution >= 4 is 21.8 Å². The summed E-state index contributed by atoms with van der Waals surface area (Å²) in [7, 11) is 0. The summed E-state index contributed by atoms with van der Waals surface area (Å²) < 4.78 is 2.37. The zero-order valence-electron chi connectivity index (χ0n) is 35.6. The van der Waals surface area contributed by atoms with Gasteiger partial charge in [0.25, 0.3) is 0 Å². The predicted molar refractivity (Wildman–Crippen MR) is 264 cm³/mol. The lowest BCUT2D eigenvalue weighted by Crippen LogP contribution is -2.14. The molecule has 0 saturated carbocycles. The van der Waals surface area contributed by atoms with E-state index in [1.165, 1.54) is 55.3 Å². The maximum absolute atomic E-state index is 5.21. The molecule has 0 spiro atoms. The number of benzene rings is 9. The van der Waals surface area contributed by atoms with Gasteiger partial charge in [-0.3, -0.25) is 0 Å². The van der Waals surface area contributed by atoms with Crippen LogP contribution in [0.5, 0.6) is 0 Å². The molecule has 1 aliphatic rings. The van der Waals surface area contributed by atoms with Gasteiger partial charge in [-0.25, -0.2) is 15.0 Å². The molecule has 4 nitrogen and oxygen atoms in total. The molecule has 11 aromatic rings. The van der Waals surface area contributed by atoms with Crippen molar-refractivity contribution < 1.29 is 0 Å². The third-order valence-electron chi connectivity index (χ3n) is 13.1. The largest absolute Gasteiger partial charge is 0.309 e. The maximum Gasteiger partial charge on any atom is 0.164 e. The topological polar surface area (TPSA) is 43.6 Å². The number of hydrogen-bond acceptors (Lipinski definition) is 3. The van der Waals surface area contributed by atoms with E-state index in [1.54, 1.807) is 0 Å². The Labute approximate surface area is 372 Å². The van der Waals surface area contributed by atoms with Crippen LogP contribution in [-0.2, 0) is 5.41 Å². The third-order valence-corrected chi connectivity index (χ3v) is 13.1. The van der Waals surface area contributed by atoms with Crippen LogP contribution in [-0.4, -0.2) is 19.5 Å². The van der Waals surface area contributed by atoms with Crippen LogP contribution in [0.25, 0.3) is 106 Å². The molecule has 4 heteroatoms. The van der Waals surface area contributed by atoms with Crippen LogP contribution in [0, 0.1) is 0 Å². The Morgan fingerprint density at radius 2 is 0.766 bits per heavy atom. The molecule has 0 bridgehead atoms. The molecule has 0 saturated heterocycles. The average molecular weight is 819 g/mol. The van der Waals surface area contributed by atoms with Crippen molar-refractivity contribution in [3.63, 3.8) is 0 Å². The molecule has 0 fully saturated rings. The molecule has 0 aliphatic heterocycles. The summed E-state index contributed by atoms with van der Waals surface area (Å²) in [6, 6.07) is 77.9. The van der Waals surface area contributed by atoms with Crippen molar-refractivity contribution in [2.24, 2.45) is 0 Å². The van der Waals surface area contributed by atoms with Crippen LogP contribution in [0.1, 0.15) is 25.0 Å². The predicted octanol–water partition coefficient (Wildman–Crippen LogP) is 15.3. The van der Waals surface area contributed by atoms with Crippen LogP contribution in [0.4, 0.5) is 0 Å². The average Bonchev–Trinajstić information content (AvgIpc) is 3.81. The molecule has 0 N–H and O–H groups in total. The van der Waals surface area contributed by atoms with Crippen molar-refractivity contribution in [2.45, 2.75) is 19.3 Å². The van der Waals surface area contributed by atoms with Crippen molar-refractivity contribution in [1.29, 1.82) is 0 Å². The lowest BCUT2D eigenvalue weighted by atomic mass is 9.81. The molecule has 9 aromatic carbocycles. The van der Waals surface area contributed by atoms with Crippen LogP contribution in [0.3, 0.4) is 0 Å². The molecule has 12 rings (SSSR count). The van der Waals surface area contributed by atoms with Crippen LogP contribution in [0.15, 0.2) is 218 Å². The molecule has 64 heavy (non-hydrogen) atoms. The fraction of sp³-hybridized carbons (Fsp3) is 0.0500. The molecule has 1 aliphatic carbocycles. The summed E-state index contributed by atoms with van der Waals surface area (Å²) >= 11 is 0. The number of nitrogens with zero attached hydrogens (tertiary/aromatic N) is 4. The smallest absolute Gasteiger partial charge is 0.164 e. The van der Waals surface area contributed by atoms with E-state index >= 15 is 0 Å². The first kappa shape index (κ1) is 37.5. The van der Waals surface area contributed by atoms with E-state index in [0.29, 0.717) is 17.5 Å². The summed E-state index contributed by atoms with van der Waals surface area (Å²) in [4.78, 5) is 15.5. The zero-order chi connectivity index (χ0) is 42.8. The monoisotopic (exact) mass is 818 g/mol. The molecule has 0 radical (unpaired) electrons. The molecule has 2 heterocycles. The molecule has 302 valence electrons. The number of fused-ring (bicyclic) bond motifs is 6. The highest BCUT2D eigenvalue weighted by Crippen LogP contribution is 2.50. The van der Waals surface area contributed by atoms with Gasteiger partial charge in [-0.1, -0.05) is 196 Å². The summed E-state index contributed by atoms with van der Waals surface area (Å²) in [5.41, 5.74) is 18.5. The summed E-state index contributed by atoms with van der Waals surface area (Å²) in [5.74, 6) is 1.87. The Bertz CT molecular complexity index is 3430. The molecule has 0 unspecified atom stereocenters. The minimum Gasteiger partial charge on any atom is -0.309 e. The second-order valence-corrected chi connectivity index (χ2v) is 17.3. The number of hydrogen-bond donors (Lipinski definition) is 0. The molecule has 0 amide bonds. The van der Waals surface area contributed by atoms with Gasteiger partial charge in [0.1, 0.15) is 0 Å². The van der Waals surface area contributed by atoms with E-state index in [1.807, 2.05) is 12.1 Å². The Kier molecular flexibility index (Phi) is 8.80. The minimum atomic E-state index is -0.0717. The summed E-state index contributed by atoms with van der Waals surface area (Å²) in [6.45, 7) is 4.69.